The molecule has 2 amide bonds. The van der Waals surface area contributed by atoms with Crippen LogP contribution in [0.5, 0.6) is 11.5 Å². The molecule has 7 heteroatoms. The van der Waals surface area contributed by atoms with Gasteiger partial charge in [0.1, 0.15) is 11.5 Å². The van der Waals surface area contributed by atoms with E-state index in [1.54, 1.807) is 32.4 Å². The first-order valence-corrected chi connectivity index (χ1v) is 7.43. The smallest absolute Gasteiger partial charge is 0.319 e. The zero-order chi connectivity index (χ0) is 17.1. The summed E-state index contributed by atoms with van der Waals surface area (Å²) in [6, 6.07) is 4.84. The van der Waals surface area contributed by atoms with Crippen LogP contribution in [0.2, 0.25) is 0 Å². The minimum atomic E-state index is -0.298. The molecule has 23 heavy (non-hydrogen) atoms. The van der Waals surface area contributed by atoms with Gasteiger partial charge in [0.15, 0.2) is 0 Å². The zero-order valence-corrected chi connectivity index (χ0v) is 13.8. The maximum atomic E-state index is 11.8. The van der Waals surface area contributed by atoms with Gasteiger partial charge < -0.3 is 24.8 Å². The topological polar surface area (TPSA) is 85.9 Å². The van der Waals surface area contributed by atoms with Crippen molar-refractivity contribution in [2.24, 2.45) is 0 Å². The van der Waals surface area contributed by atoms with Crippen molar-refractivity contribution in [1.82, 2.24) is 5.32 Å². The van der Waals surface area contributed by atoms with Crippen LogP contribution in [0.4, 0.5) is 10.5 Å². The summed E-state index contributed by atoms with van der Waals surface area (Å²) in [7, 11) is 4.47. The Labute approximate surface area is 136 Å². The lowest BCUT2D eigenvalue weighted by Gasteiger charge is -2.10. The number of urea groups is 1. The van der Waals surface area contributed by atoms with Crippen LogP contribution in [0, 0.1) is 0 Å². The first-order chi connectivity index (χ1) is 11.1. The van der Waals surface area contributed by atoms with Crippen LogP contribution in [-0.4, -0.2) is 39.9 Å². The van der Waals surface area contributed by atoms with Gasteiger partial charge in [0.2, 0.25) is 0 Å². The van der Waals surface area contributed by atoms with Crippen molar-refractivity contribution in [1.29, 1.82) is 0 Å². The van der Waals surface area contributed by atoms with Gasteiger partial charge in [-0.05, 0) is 12.8 Å². The number of hydrogen-bond donors (Lipinski definition) is 2. The molecule has 7 nitrogen and oxygen atoms in total. The van der Waals surface area contributed by atoms with Gasteiger partial charge in [-0.2, -0.15) is 0 Å². The van der Waals surface area contributed by atoms with E-state index in [9.17, 15) is 9.59 Å². The van der Waals surface area contributed by atoms with E-state index in [1.807, 2.05) is 0 Å². The number of anilines is 1. The average molecular weight is 324 g/mol. The summed E-state index contributed by atoms with van der Waals surface area (Å²) in [5.41, 5.74) is 0.587. The number of benzene rings is 1. The summed E-state index contributed by atoms with van der Waals surface area (Å²) >= 11 is 0. The lowest BCUT2D eigenvalue weighted by atomic mass is 10.2. The summed E-state index contributed by atoms with van der Waals surface area (Å²) in [5.74, 6) is 0.993. The van der Waals surface area contributed by atoms with E-state index >= 15 is 0 Å². The van der Waals surface area contributed by atoms with E-state index < -0.39 is 0 Å². The minimum Gasteiger partial charge on any atom is -0.497 e. The highest BCUT2D eigenvalue weighted by atomic mass is 16.5. The molecule has 0 atom stereocenters. The normalized spacial score (nSPS) is 9.87. The van der Waals surface area contributed by atoms with Gasteiger partial charge in [0.05, 0.1) is 21.3 Å². The second-order valence-corrected chi connectivity index (χ2v) is 4.87. The highest BCUT2D eigenvalue weighted by Crippen LogP contribution is 2.25. The first kappa shape index (κ1) is 18.6. The number of carbonyl (C=O) groups is 2. The molecule has 0 aliphatic heterocycles. The number of ether oxygens (including phenoxy) is 3. The number of nitrogens with one attached hydrogen (secondary N) is 2. The van der Waals surface area contributed by atoms with Crippen molar-refractivity contribution in [3.05, 3.63) is 18.2 Å². The molecule has 0 unspecified atom stereocenters. The number of esters is 1. The summed E-state index contributed by atoms with van der Waals surface area (Å²) in [6.45, 7) is 0.536. The van der Waals surface area contributed by atoms with Crippen molar-refractivity contribution < 1.29 is 23.8 Å². The third-order valence-corrected chi connectivity index (χ3v) is 3.18. The largest absolute Gasteiger partial charge is 0.497 e. The van der Waals surface area contributed by atoms with E-state index in [1.165, 1.54) is 7.11 Å². The molecule has 1 aromatic carbocycles. The number of carbonyl (C=O) groups excluding carboxylic acids is 2. The fourth-order valence-corrected chi connectivity index (χ4v) is 1.93. The maximum Gasteiger partial charge on any atom is 0.319 e. The van der Waals surface area contributed by atoms with Crippen LogP contribution >= 0.6 is 0 Å². The molecular weight excluding hydrogens is 300 g/mol. The third-order valence-electron chi connectivity index (χ3n) is 3.18. The predicted molar refractivity (Wildman–Crippen MR) is 87.1 cm³/mol. The SMILES string of the molecule is COC(=O)CCCCCNC(=O)Nc1cc(OC)cc(OC)c1. The highest BCUT2D eigenvalue weighted by molar-refractivity contribution is 5.89. The minimum absolute atomic E-state index is 0.206. The van der Waals surface area contributed by atoms with Gasteiger partial charge in [-0.25, -0.2) is 4.79 Å². The van der Waals surface area contributed by atoms with Gasteiger partial charge in [-0.1, -0.05) is 6.42 Å². The highest BCUT2D eigenvalue weighted by Gasteiger charge is 2.06. The second kappa shape index (κ2) is 10.3. The van der Waals surface area contributed by atoms with Gasteiger partial charge in [-0.3, -0.25) is 4.79 Å². The molecule has 0 fully saturated rings. The molecule has 2 N–H and O–H groups in total. The molecule has 0 aliphatic carbocycles. The van der Waals surface area contributed by atoms with Gasteiger partial charge in [0.25, 0.3) is 0 Å². The Kier molecular flexibility index (Phi) is 8.34. The number of amides is 2. The molecule has 0 aliphatic rings. The Morgan fingerprint density at radius 3 is 2.17 bits per heavy atom. The fraction of sp³-hybridized carbons (Fsp3) is 0.500. The van der Waals surface area contributed by atoms with E-state index in [2.05, 4.69) is 15.4 Å². The lowest BCUT2D eigenvalue weighted by Crippen LogP contribution is -2.29. The number of methoxy groups -OCH3 is 3. The molecule has 0 radical (unpaired) electrons. The molecule has 0 aromatic heterocycles. The fourth-order valence-electron chi connectivity index (χ4n) is 1.93. The zero-order valence-electron chi connectivity index (χ0n) is 13.8. The van der Waals surface area contributed by atoms with E-state index in [-0.39, 0.29) is 12.0 Å². The average Bonchev–Trinajstić information content (AvgIpc) is 2.57. The van der Waals surface area contributed by atoms with Crippen molar-refractivity contribution in [2.45, 2.75) is 25.7 Å². The van der Waals surface area contributed by atoms with Crippen molar-refractivity contribution >= 4 is 17.7 Å². The van der Waals surface area contributed by atoms with E-state index in [0.717, 1.165) is 19.3 Å². The Bertz CT molecular complexity index is 497. The molecule has 128 valence electrons. The molecule has 1 aromatic rings. The third kappa shape index (κ3) is 7.39. The quantitative estimate of drug-likeness (QED) is 0.538. The number of unbranched alkanes of at least 4 members (excludes halogenated alkanes) is 2. The monoisotopic (exact) mass is 324 g/mol. The van der Waals surface area contributed by atoms with Crippen LogP contribution in [0.15, 0.2) is 18.2 Å². The van der Waals surface area contributed by atoms with E-state index in [0.29, 0.717) is 30.2 Å². The van der Waals surface area contributed by atoms with Crippen molar-refractivity contribution in [3.8, 4) is 11.5 Å². The summed E-state index contributed by atoms with van der Waals surface area (Å²) in [4.78, 5) is 22.8. The summed E-state index contributed by atoms with van der Waals surface area (Å²) < 4.78 is 14.8. The van der Waals surface area contributed by atoms with Crippen LogP contribution in [-0.2, 0) is 9.53 Å². The molecule has 1 rings (SSSR count). The standard InChI is InChI=1S/C16H24N2O5/c1-21-13-9-12(10-14(11-13)22-2)18-16(20)17-8-6-4-5-7-15(19)23-3/h9-11H,4-8H2,1-3H3,(H2,17,18,20). The molecule has 0 spiro atoms. The summed E-state index contributed by atoms with van der Waals surface area (Å²) in [5, 5.41) is 5.49. The van der Waals surface area contributed by atoms with Gasteiger partial charge in [0, 0.05) is 36.9 Å². The van der Waals surface area contributed by atoms with Crippen LogP contribution < -0.4 is 20.1 Å². The van der Waals surface area contributed by atoms with E-state index in [4.69, 9.17) is 9.47 Å². The maximum absolute atomic E-state index is 11.8. The van der Waals surface area contributed by atoms with Crippen molar-refractivity contribution in [3.63, 3.8) is 0 Å². The van der Waals surface area contributed by atoms with Crippen LogP contribution in [0.3, 0.4) is 0 Å². The molecular formula is C16H24N2O5. The number of hydrogen-bond acceptors (Lipinski definition) is 5. The summed E-state index contributed by atoms with van der Waals surface area (Å²) in [6.07, 6.45) is 2.81. The first-order valence-electron chi connectivity index (χ1n) is 7.43. The van der Waals surface area contributed by atoms with Crippen LogP contribution in [0.1, 0.15) is 25.7 Å². The lowest BCUT2D eigenvalue weighted by molar-refractivity contribution is -0.140. The predicted octanol–water partition coefficient (Wildman–Crippen LogP) is 2.56. The Morgan fingerprint density at radius 1 is 0.957 bits per heavy atom. The number of rotatable bonds is 9. The van der Waals surface area contributed by atoms with Gasteiger partial charge in [-0.15, -0.1) is 0 Å². The Morgan fingerprint density at radius 2 is 1.61 bits per heavy atom. The van der Waals surface area contributed by atoms with Crippen molar-refractivity contribution in [2.75, 3.05) is 33.2 Å². The molecule has 0 heterocycles. The Balaban J connectivity index is 2.30. The van der Waals surface area contributed by atoms with Crippen LogP contribution in [0.25, 0.3) is 0 Å². The van der Waals surface area contributed by atoms with Gasteiger partial charge >= 0.3 is 12.0 Å². The molecule has 0 saturated carbocycles. The molecule has 0 saturated heterocycles. The molecule has 0 bridgehead atoms. The second-order valence-electron chi connectivity index (χ2n) is 4.87. The Hall–Kier alpha value is -2.44.